The number of nitrogens with one attached hydrogen (secondary N) is 2. The Bertz CT molecular complexity index is 895. The molecule has 8 nitrogen and oxygen atoms in total. The summed E-state index contributed by atoms with van der Waals surface area (Å²) >= 11 is 6.13. The van der Waals surface area contributed by atoms with Crippen LogP contribution in [0.2, 0.25) is 5.02 Å². The fourth-order valence-corrected chi connectivity index (χ4v) is 3.27. The van der Waals surface area contributed by atoms with E-state index in [1.165, 1.54) is 4.90 Å². The Kier molecular flexibility index (Phi) is 5.46. The number of benzene rings is 1. The summed E-state index contributed by atoms with van der Waals surface area (Å²) < 4.78 is 1.55. The zero-order valence-corrected chi connectivity index (χ0v) is 15.8. The first-order chi connectivity index (χ1) is 12.8. The number of nitrogens with zero attached hydrogens (tertiary/aromatic N) is 3. The largest absolute Gasteiger partial charge is 0.310 e. The van der Waals surface area contributed by atoms with Gasteiger partial charge in [0.1, 0.15) is 6.54 Å². The van der Waals surface area contributed by atoms with Crippen LogP contribution in [-0.4, -0.2) is 34.0 Å². The Morgan fingerprint density at radius 3 is 2.67 bits per heavy atom. The predicted molar refractivity (Wildman–Crippen MR) is 99.9 cm³/mol. The minimum atomic E-state index is -0.567. The molecule has 0 bridgehead atoms. The molecule has 1 saturated heterocycles. The predicted octanol–water partition coefficient (Wildman–Crippen LogP) is 1.35. The number of hydrogen-bond donors (Lipinski definition) is 2. The van der Waals surface area contributed by atoms with E-state index >= 15 is 0 Å². The number of aryl methyl sites for hydroxylation is 2. The summed E-state index contributed by atoms with van der Waals surface area (Å²) in [7, 11) is 0. The van der Waals surface area contributed by atoms with Crippen molar-refractivity contribution in [2.45, 2.75) is 26.8 Å². The summed E-state index contributed by atoms with van der Waals surface area (Å²) in [6.45, 7) is 3.89. The van der Waals surface area contributed by atoms with Crippen molar-refractivity contribution in [3.8, 4) is 0 Å². The second-order valence-corrected chi connectivity index (χ2v) is 6.89. The standard InChI is InChI=1S/C18H20ClN5O3/c1-11-7-12(2)24(22-11)10-16(25)20-21-18(27)13-8-17(26)23(9-13)15-6-4-3-5-14(15)19/h3-7,13H,8-10H2,1-2H3,(H,20,25)(H,21,27). The Morgan fingerprint density at radius 2 is 2.00 bits per heavy atom. The molecule has 142 valence electrons. The van der Waals surface area contributed by atoms with Crippen molar-refractivity contribution in [2.24, 2.45) is 5.92 Å². The van der Waals surface area contributed by atoms with Crippen molar-refractivity contribution in [1.29, 1.82) is 0 Å². The number of aromatic nitrogens is 2. The summed E-state index contributed by atoms with van der Waals surface area (Å²) in [5, 5.41) is 4.64. The normalized spacial score (nSPS) is 16.5. The van der Waals surface area contributed by atoms with Gasteiger partial charge >= 0.3 is 0 Å². The Labute approximate surface area is 161 Å². The maximum atomic E-state index is 12.3. The molecule has 1 unspecified atom stereocenters. The summed E-state index contributed by atoms with van der Waals surface area (Å²) in [6.07, 6.45) is 0.0599. The zero-order chi connectivity index (χ0) is 19.6. The van der Waals surface area contributed by atoms with Crippen LogP contribution in [0.25, 0.3) is 0 Å². The molecule has 2 heterocycles. The van der Waals surface area contributed by atoms with E-state index in [0.717, 1.165) is 11.4 Å². The minimum Gasteiger partial charge on any atom is -0.310 e. The molecule has 27 heavy (non-hydrogen) atoms. The van der Waals surface area contributed by atoms with E-state index in [2.05, 4.69) is 16.0 Å². The molecular formula is C18H20ClN5O3. The highest BCUT2D eigenvalue weighted by Crippen LogP contribution is 2.30. The van der Waals surface area contributed by atoms with Gasteiger partial charge in [0.05, 0.1) is 22.3 Å². The molecule has 0 spiro atoms. The van der Waals surface area contributed by atoms with Gasteiger partial charge in [-0.3, -0.25) is 29.9 Å². The van der Waals surface area contributed by atoms with Crippen LogP contribution in [0, 0.1) is 19.8 Å². The monoisotopic (exact) mass is 389 g/mol. The topological polar surface area (TPSA) is 96.3 Å². The second kappa shape index (κ2) is 7.79. The average molecular weight is 390 g/mol. The van der Waals surface area contributed by atoms with Gasteiger partial charge in [-0.15, -0.1) is 0 Å². The molecule has 0 radical (unpaired) electrons. The van der Waals surface area contributed by atoms with Gasteiger partial charge in [-0.1, -0.05) is 23.7 Å². The lowest BCUT2D eigenvalue weighted by Crippen LogP contribution is -2.46. The first-order valence-corrected chi connectivity index (χ1v) is 8.87. The highest BCUT2D eigenvalue weighted by molar-refractivity contribution is 6.33. The van der Waals surface area contributed by atoms with E-state index in [0.29, 0.717) is 10.7 Å². The second-order valence-electron chi connectivity index (χ2n) is 6.48. The van der Waals surface area contributed by atoms with Crippen LogP contribution in [0.1, 0.15) is 17.8 Å². The molecule has 1 aliphatic heterocycles. The molecule has 2 N–H and O–H groups in total. The van der Waals surface area contributed by atoms with Gasteiger partial charge < -0.3 is 4.90 Å². The average Bonchev–Trinajstić information content (AvgIpc) is 3.15. The van der Waals surface area contributed by atoms with E-state index in [4.69, 9.17) is 11.6 Å². The van der Waals surface area contributed by atoms with Gasteiger partial charge in [0.15, 0.2) is 0 Å². The summed E-state index contributed by atoms with van der Waals surface area (Å²) in [4.78, 5) is 38.1. The van der Waals surface area contributed by atoms with Crippen LogP contribution >= 0.6 is 11.6 Å². The number of anilines is 1. The summed E-state index contributed by atoms with van der Waals surface area (Å²) in [5.74, 6) is -1.57. The smallest absolute Gasteiger partial charge is 0.260 e. The highest BCUT2D eigenvalue weighted by atomic mass is 35.5. The van der Waals surface area contributed by atoms with Crippen LogP contribution in [0.3, 0.4) is 0 Å². The lowest BCUT2D eigenvalue weighted by Gasteiger charge is -2.18. The number of amides is 3. The number of rotatable bonds is 4. The van der Waals surface area contributed by atoms with Crippen LogP contribution in [0.15, 0.2) is 30.3 Å². The van der Waals surface area contributed by atoms with Crippen molar-refractivity contribution >= 4 is 35.0 Å². The Balaban J connectivity index is 1.54. The molecule has 1 aliphatic rings. The van der Waals surface area contributed by atoms with Gasteiger partial charge in [-0.2, -0.15) is 5.10 Å². The number of hydrogen-bond acceptors (Lipinski definition) is 4. The van der Waals surface area contributed by atoms with Gasteiger partial charge in [0, 0.05) is 18.7 Å². The fourth-order valence-electron chi connectivity index (χ4n) is 3.03. The number of carbonyl (C=O) groups excluding carboxylic acids is 3. The maximum Gasteiger partial charge on any atom is 0.260 e. The molecule has 2 aromatic rings. The van der Waals surface area contributed by atoms with Crippen molar-refractivity contribution in [1.82, 2.24) is 20.6 Å². The highest BCUT2D eigenvalue weighted by Gasteiger charge is 2.36. The minimum absolute atomic E-state index is 0.00466. The molecule has 3 amide bonds. The third-order valence-corrected chi connectivity index (χ3v) is 4.68. The quantitative estimate of drug-likeness (QED) is 0.771. The molecule has 0 saturated carbocycles. The van der Waals surface area contributed by atoms with Crippen LogP contribution in [0.4, 0.5) is 5.69 Å². The van der Waals surface area contributed by atoms with Crippen LogP contribution in [-0.2, 0) is 20.9 Å². The molecule has 1 aromatic heterocycles. The third-order valence-electron chi connectivity index (χ3n) is 4.36. The van der Waals surface area contributed by atoms with Crippen LogP contribution in [0.5, 0.6) is 0 Å². The van der Waals surface area contributed by atoms with E-state index in [1.54, 1.807) is 28.9 Å². The van der Waals surface area contributed by atoms with Crippen LogP contribution < -0.4 is 15.8 Å². The molecule has 9 heteroatoms. The zero-order valence-electron chi connectivity index (χ0n) is 15.0. The SMILES string of the molecule is Cc1cc(C)n(CC(=O)NNC(=O)C2CC(=O)N(c3ccccc3Cl)C2)n1. The van der Waals surface area contributed by atoms with Crippen molar-refractivity contribution in [2.75, 3.05) is 11.4 Å². The number of para-hydroxylation sites is 1. The number of hydrazine groups is 1. The van der Waals surface area contributed by atoms with Gasteiger partial charge in [-0.25, -0.2) is 0 Å². The molecule has 0 aliphatic carbocycles. The van der Waals surface area contributed by atoms with Crippen molar-refractivity contribution in [3.63, 3.8) is 0 Å². The molecule has 1 aromatic carbocycles. The van der Waals surface area contributed by atoms with Gasteiger partial charge in [0.2, 0.25) is 11.8 Å². The first-order valence-electron chi connectivity index (χ1n) is 8.50. The van der Waals surface area contributed by atoms with Crippen molar-refractivity contribution in [3.05, 3.63) is 46.7 Å². The molecule has 1 atom stereocenters. The van der Waals surface area contributed by atoms with E-state index in [1.807, 2.05) is 19.9 Å². The summed E-state index contributed by atoms with van der Waals surface area (Å²) in [5.41, 5.74) is 7.00. The molecular weight excluding hydrogens is 370 g/mol. The lowest BCUT2D eigenvalue weighted by atomic mass is 10.1. The Morgan fingerprint density at radius 1 is 1.26 bits per heavy atom. The molecule has 1 fully saturated rings. The maximum absolute atomic E-state index is 12.3. The van der Waals surface area contributed by atoms with E-state index in [9.17, 15) is 14.4 Å². The third kappa shape index (κ3) is 4.28. The van der Waals surface area contributed by atoms with E-state index in [-0.39, 0.29) is 25.4 Å². The van der Waals surface area contributed by atoms with Crippen molar-refractivity contribution < 1.29 is 14.4 Å². The number of carbonyl (C=O) groups is 3. The molecule has 3 rings (SSSR count). The van der Waals surface area contributed by atoms with Gasteiger partial charge in [0.25, 0.3) is 5.91 Å². The lowest BCUT2D eigenvalue weighted by molar-refractivity contribution is -0.131. The Hall–Kier alpha value is -2.87. The van der Waals surface area contributed by atoms with Gasteiger partial charge in [-0.05, 0) is 32.0 Å². The first kappa shape index (κ1) is 18.9. The summed E-state index contributed by atoms with van der Waals surface area (Å²) in [6, 6.07) is 8.84. The fraction of sp³-hybridized carbons (Fsp3) is 0.333. The number of halogens is 1. The van der Waals surface area contributed by atoms with E-state index < -0.39 is 17.7 Å².